The number of benzene rings is 3. The number of hydrogen-bond donors (Lipinski definition) is 2. The van der Waals surface area contributed by atoms with Crippen LogP contribution in [0, 0.1) is 0 Å². The van der Waals surface area contributed by atoms with Crippen molar-refractivity contribution < 1.29 is 4.79 Å². The molecular weight excluding hydrogens is 398 g/mol. The van der Waals surface area contributed by atoms with Crippen LogP contribution >= 0.6 is 0 Å². The number of carbonyl (C=O) groups excluding carboxylic acids is 1. The molecule has 0 spiro atoms. The lowest BCUT2D eigenvalue weighted by molar-refractivity contribution is 0.199. The molecule has 6 heteroatoms. The number of carbonyl (C=O) groups is 1. The van der Waals surface area contributed by atoms with Crippen molar-refractivity contribution in [2.45, 2.75) is 12.6 Å². The Morgan fingerprint density at radius 3 is 2.62 bits per heavy atom. The normalized spacial score (nSPS) is 15.2. The standard InChI is InChI=1S/C26H21N5O/c27-26(32)30-15-18-6-4-5-9-21(18)25(30)23-14-28-24-11-10-17(12-22(23)24)19-13-29-31(16-19)20-7-2-1-3-8-20/h1-14,16,25,28H,15H2,(H2,27,32). The van der Waals surface area contributed by atoms with E-state index >= 15 is 0 Å². The molecule has 0 radical (unpaired) electrons. The zero-order chi connectivity index (χ0) is 21.7. The van der Waals surface area contributed by atoms with Gasteiger partial charge in [-0.1, -0.05) is 48.5 Å². The van der Waals surface area contributed by atoms with Crippen molar-refractivity contribution in [1.29, 1.82) is 0 Å². The molecule has 2 aromatic heterocycles. The minimum Gasteiger partial charge on any atom is -0.361 e. The summed E-state index contributed by atoms with van der Waals surface area (Å²) in [6, 6.07) is 23.9. The van der Waals surface area contributed by atoms with E-state index in [0.717, 1.165) is 44.4 Å². The lowest BCUT2D eigenvalue weighted by Crippen LogP contribution is -2.34. The number of para-hydroxylation sites is 1. The topological polar surface area (TPSA) is 79.9 Å². The van der Waals surface area contributed by atoms with Gasteiger partial charge in [0, 0.05) is 41.0 Å². The number of primary amides is 1. The zero-order valence-corrected chi connectivity index (χ0v) is 17.3. The number of nitrogens with zero attached hydrogens (tertiary/aromatic N) is 3. The third-order valence-corrected chi connectivity index (χ3v) is 6.23. The Bertz CT molecular complexity index is 1450. The molecule has 0 saturated heterocycles. The number of rotatable bonds is 3. The van der Waals surface area contributed by atoms with Crippen LogP contribution in [-0.4, -0.2) is 25.7 Å². The van der Waals surface area contributed by atoms with Crippen LogP contribution in [0.1, 0.15) is 22.7 Å². The van der Waals surface area contributed by atoms with Gasteiger partial charge in [-0.15, -0.1) is 0 Å². The highest BCUT2D eigenvalue weighted by atomic mass is 16.2. The SMILES string of the molecule is NC(=O)N1Cc2ccccc2C1c1c[nH]c2ccc(-c3cnn(-c4ccccc4)c3)cc12. The molecule has 5 aromatic rings. The van der Waals surface area contributed by atoms with E-state index < -0.39 is 6.03 Å². The largest absolute Gasteiger partial charge is 0.361 e. The Balaban J connectivity index is 1.45. The summed E-state index contributed by atoms with van der Waals surface area (Å²) in [6.45, 7) is 0.520. The molecular formula is C26H21N5O. The van der Waals surface area contributed by atoms with Gasteiger partial charge >= 0.3 is 6.03 Å². The first-order valence-electron chi connectivity index (χ1n) is 10.5. The molecule has 0 bridgehead atoms. The highest BCUT2D eigenvalue weighted by Crippen LogP contribution is 2.41. The molecule has 32 heavy (non-hydrogen) atoms. The molecule has 3 aromatic carbocycles. The van der Waals surface area contributed by atoms with Crippen LogP contribution < -0.4 is 5.73 Å². The van der Waals surface area contributed by atoms with Gasteiger partial charge < -0.3 is 15.6 Å². The third kappa shape index (κ3) is 2.88. The molecule has 0 fully saturated rings. The van der Waals surface area contributed by atoms with Crippen LogP contribution in [0.25, 0.3) is 27.7 Å². The lowest BCUT2D eigenvalue weighted by atomic mass is 9.96. The number of nitrogens with two attached hydrogens (primary N) is 1. The Hall–Kier alpha value is -4.32. The van der Waals surface area contributed by atoms with Gasteiger partial charge in [0.25, 0.3) is 0 Å². The monoisotopic (exact) mass is 419 g/mol. The predicted molar refractivity (Wildman–Crippen MR) is 124 cm³/mol. The average Bonchev–Trinajstić information content (AvgIpc) is 3.55. The summed E-state index contributed by atoms with van der Waals surface area (Å²) < 4.78 is 1.87. The van der Waals surface area contributed by atoms with Crippen molar-refractivity contribution in [2.24, 2.45) is 5.73 Å². The highest BCUT2D eigenvalue weighted by Gasteiger charge is 2.34. The van der Waals surface area contributed by atoms with Gasteiger partial charge in [-0.05, 0) is 41.0 Å². The van der Waals surface area contributed by atoms with Gasteiger partial charge in [0.05, 0.1) is 17.9 Å². The lowest BCUT2D eigenvalue weighted by Gasteiger charge is -2.23. The highest BCUT2D eigenvalue weighted by molar-refractivity contribution is 5.89. The Labute approximate surface area is 184 Å². The van der Waals surface area contributed by atoms with E-state index in [1.54, 1.807) is 4.90 Å². The average molecular weight is 419 g/mol. The maximum Gasteiger partial charge on any atom is 0.315 e. The van der Waals surface area contributed by atoms with Crippen LogP contribution in [0.2, 0.25) is 0 Å². The Morgan fingerprint density at radius 2 is 1.78 bits per heavy atom. The van der Waals surface area contributed by atoms with Gasteiger partial charge in [-0.2, -0.15) is 5.10 Å². The van der Waals surface area contributed by atoms with E-state index in [4.69, 9.17) is 5.73 Å². The molecule has 6 nitrogen and oxygen atoms in total. The smallest absolute Gasteiger partial charge is 0.315 e. The number of hydrogen-bond acceptors (Lipinski definition) is 2. The number of amides is 2. The molecule has 1 unspecified atom stereocenters. The van der Waals surface area contributed by atoms with Gasteiger partial charge in [0.15, 0.2) is 0 Å². The zero-order valence-electron chi connectivity index (χ0n) is 17.3. The summed E-state index contributed by atoms with van der Waals surface area (Å²) in [4.78, 5) is 17.4. The maximum atomic E-state index is 12.3. The molecule has 0 saturated carbocycles. The number of fused-ring (bicyclic) bond motifs is 2. The van der Waals surface area contributed by atoms with E-state index in [2.05, 4.69) is 40.4 Å². The summed E-state index contributed by atoms with van der Waals surface area (Å²) in [6.07, 6.45) is 5.90. The second-order valence-electron chi connectivity index (χ2n) is 8.08. The first-order valence-corrected chi connectivity index (χ1v) is 10.5. The van der Waals surface area contributed by atoms with Gasteiger partial charge in [-0.25, -0.2) is 9.48 Å². The van der Waals surface area contributed by atoms with E-state index in [1.165, 1.54) is 0 Å². The Morgan fingerprint density at radius 1 is 0.969 bits per heavy atom. The summed E-state index contributed by atoms with van der Waals surface area (Å²) in [7, 11) is 0. The van der Waals surface area contributed by atoms with Crippen LogP contribution in [0.5, 0.6) is 0 Å². The van der Waals surface area contributed by atoms with Crippen molar-refractivity contribution in [2.75, 3.05) is 0 Å². The van der Waals surface area contributed by atoms with Crippen molar-refractivity contribution in [3.05, 3.63) is 108 Å². The first kappa shape index (κ1) is 18.4. The molecule has 1 atom stereocenters. The summed E-state index contributed by atoms with van der Waals surface area (Å²) in [5, 5.41) is 5.61. The predicted octanol–water partition coefficient (Wildman–Crippen LogP) is 5.00. The second kappa shape index (κ2) is 7.13. The van der Waals surface area contributed by atoms with E-state index in [9.17, 15) is 4.79 Å². The molecule has 6 rings (SSSR count). The molecule has 156 valence electrons. The van der Waals surface area contributed by atoms with Gasteiger partial charge in [-0.3, -0.25) is 0 Å². The van der Waals surface area contributed by atoms with E-state index in [0.29, 0.717) is 6.54 Å². The van der Waals surface area contributed by atoms with E-state index in [1.807, 2.05) is 65.7 Å². The quantitative estimate of drug-likeness (QED) is 0.431. The van der Waals surface area contributed by atoms with Crippen molar-refractivity contribution in [1.82, 2.24) is 19.7 Å². The van der Waals surface area contributed by atoms with Crippen molar-refractivity contribution >= 4 is 16.9 Å². The van der Waals surface area contributed by atoms with E-state index in [-0.39, 0.29) is 6.04 Å². The molecule has 1 aliphatic rings. The Kier molecular flexibility index (Phi) is 4.11. The summed E-state index contributed by atoms with van der Waals surface area (Å²) >= 11 is 0. The fraction of sp³-hybridized carbons (Fsp3) is 0.0769. The summed E-state index contributed by atoms with van der Waals surface area (Å²) in [5.74, 6) is 0. The molecule has 2 amide bonds. The van der Waals surface area contributed by atoms with Crippen LogP contribution in [-0.2, 0) is 6.54 Å². The number of H-pyrrole nitrogens is 1. The molecule has 1 aliphatic heterocycles. The maximum absolute atomic E-state index is 12.3. The van der Waals surface area contributed by atoms with Crippen LogP contribution in [0.3, 0.4) is 0 Å². The fourth-order valence-electron chi connectivity index (χ4n) is 4.67. The van der Waals surface area contributed by atoms with Crippen molar-refractivity contribution in [3.63, 3.8) is 0 Å². The van der Waals surface area contributed by atoms with Crippen LogP contribution in [0.15, 0.2) is 91.4 Å². The van der Waals surface area contributed by atoms with Gasteiger partial charge in [0.2, 0.25) is 0 Å². The minimum atomic E-state index is -0.416. The van der Waals surface area contributed by atoms with Crippen molar-refractivity contribution in [3.8, 4) is 16.8 Å². The number of aromatic amines is 1. The number of urea groups is 1. The molecule has 3 N–H and O–H groups in total. The fourth-order valence-corrected chi connectivity index (χ4v) is 4.67. The van der Waals surface area contributed by atoms with Crippen LogP contribution in [0.4, 0.5) is 4.79 Å². The number of nitrogens with one attached hydrogen (secondary N) is 1. The minimum absolute atomic E-state index is 0.209. The molecule has 3 heterocycles. The third-order valence-electron chi connectivity index (χ3n) is 6.23. The number of aromatic nitrogens is 3. The summed E-state index contributed by atoms with van der Waals surface area (Å²) in [5.41, 5.74) is 13.2. The second-order valence-corrected chi connectivity index (χ2v) is 8.08. The first-order chi connectivity index (χ1) is 15.7. The molecule has 0 aliphatic carbocycles. The van der Waals surface area contributed by atoms with Gasteiger partial charge in [0.1, 0.15) is 0 Å².